The number of esters is 1. The van der Waals surface area contributed by atoms with Gasteiger partial charge in [-0.3, -0.25) is 14.4 Å². The van der Waals surface area contributed by atoms with E-state index in [2.05, 4.69) is 9.84 Å². The fourth-order valence-corrected chi connectivity index (χ4v) is 3.25. The number of methoxy groups -OCH3 is 1. The van der Waals surface area contributed by atoms with Crippen molar-refractivity contribution in [1.82, 2.24) is 9.78 Å². The van der Waals surface area contributed by atoms with Crippen molar-refractivity contribution in [3.05, 3.63) is 51.4 Å². The number of benzene rings is 1. The molecule has 8 heteroatoms. The summed E-state index contributed by atoms with van der Waals surface area (Å²) in [5.41, 5.74) is 0.179. The molecule has 2 heterocycles. The van der Waals surface area contributed by atoms with Crippen molar-refractivity contribution >= 4 is 35.1 Å². The largest absolute Gasteiger partial charge is 0.468 e. The van der Waals surface area contributed by atoms with Crippen LogP contribution < -0.4 is 5.56 Å². The number of aromatic nitrogens is 2. The molecular weight excluding hydrogens is 328 g/mol. The molecular formula is C14H9ClN2O4S. The van der Waals surface area contributed by atoms with E-state index < -0.39 is 22.6 Å². The number of ether oxygens (including phenoxy) is 1. The van der Waals surface area contributed by atoms with Gasteiger partial charge < -0.3 is 4.74 Å². The third-order valence-corrected chi connectivity index (χ3v) is 4.56. The standard InChI is InChI=1S/C14H9ClN2O4S/c1-21-14(20)13-12(19)11-9(22-13)6-10(18)17(16-11)8-4-2-7(15)3-5-8/h2-6,13H,1H3. The van der Waals surface area contributed by atoms with Gasteiger partial charge in [-0.05, 0) is 24.3 Å². The fourth-order valence-electron chi connectivity index (χ4n) is 2.03. The SMILES string of the molecule is COC(=O)C1Sc2cc(=O)n(-c3ccc(Cl)cc3)nc2C1=O. The van der Waals surface area contributed by atoms with Crippen molar-refractivity contribution in [2.75, 3.05) is 7.11 Å². The molecule has 22 heavy (non-hydrogen) atoms. The van der Waals surface area contributed by atoms with E-state index in [0.717, 1.165) is 16.4 Å². The van der Waals surface area contributed by atoms with Crippen LogP contribution in [-0.2, 0) is 9.53 Å². The second kappa shape index (κ2) is 5.58. The minimum atomic E-state index is -1.01. The van der Waals surface area contributed by atoms with Crippen LogP contribution in [0.5, 0.6) is 0 Å². The minimum absolute atomic E-state index is 0.0925. The fraction of sp³-hybridized carbons (Fsp3) is 0.143. The molecule has 0 N–H and O–H groups in total. The van der Waals surface area contributed by atoms with E-state index in [0.29, 0.717) is 15.6 Å². The zero-order valence-electron chi connectivity index (χ0n) is 11.3. The van der Waals surface area contributed by atoms with E-state index in [4.69, 9.17) is 11.6 Å². The second-order valence-electron chi connectivity index (χ2n) is 4.47. The number of ketones is 1. The smallest absolute Gasteiger partial charge is 0.327 e. The molecule has 1 aliphatic heterocycles. The third-order valence-electron chi connectivity index (χ3n) is 3.10. The minimum Gasteiger partial charge on any atom is -0.468 e. The number of halogens is 1. The highest BCUT2D eigenvalue weighted by Crippen LogP contribution is 2.35. The maximum absolute atomic E-state index is 12.2. The molecule has 1 aromatic carbocycles. The molecule has 0 amide bonds. The van der Waals surface area contributed by atoms with Crippen LogP contribution in [0.25, 0.3) is 5.69 Å². The molecule has 0 radical (unpaired) electrons. The van der Waals surface area contributed by atoms with Gasteiger partial charge in [0, 0.05) is 16.0 Å². The van der Waals surface area contributed by atoms with Gasteiger partial charge in [-0.1, -0.05) is 23.4 Å². The first-order valence-corrected chi connectivity index (χ1v) is 7.46. The van der Waals surface area contributed by atoms with Crippen LogP contribution in [0.2, 0.25) is 5.02 Å². The number of Topliss-reactive ketones (excluding diaryl/α,β-unsaturated/α-hetero) is 1. The lowest BCUT2D eigenvalue weighted by Gasteiger charge is -2.05. The maximum atomic E-state index is 12.2. The first-order valence-electron chi connectivity index (χ1n) is 6.20. The number of carbonyl (C=O) groups is 2. The van der Waals surface area contributed by atoms with Gasteiger partial charge in [-0.2, -0.15) is 9.78 Å². The number of hydrogen-bond donors (Lipinski definition) is 0. The van der Waals surface area contributed by atoms with Crippen molar-refractivity contribution in [3.63, 3.8) is 0 Å². The predicted molar refractivity (Wildman–Crippen MR) is 80.8 cm³/mol. The van der Waals surface area contributed by atoms with Gasteiger partial charge in [0.05, 0.1) is 12.8 Å². The lowest BCUT2D eigenvalue weighted by Crippen LogP contribution is -2.26. The van der Waals surface area contributed by atoms with E-state index in [1.807, 2.05) is 0 Å². The van der Waals surface area contributed by atoms with Gasteiger partial charge in [0.15, 0.2) is 5.25 Å². The summed E-state index contributed by atoms with van der Waals surface area (Å²) in [6.07, 6.45) is 0. The number of carbonyl (C=O) groups excluding carboxylic acids is 2. The Labute approximate surface area is 134 Å². The normalized spacial score (nSPS) is 16.5. The Bertz CT molecular complexity index is 832. The second-order valence-corrected chi connectivity index (χ2v) is 6.05. The van der Waals surface area contributed by atoms with E-state index in [1.54, 1.807) is 24.3 Å². The van der Waals surface area contributed by atoms with Crippen molar-refractivity contribution < 1.29 is 14.3 Å². The monoisotopic (exact) mass is 336 g/mol. The van der Waals surface area contributed by atoms with Gasteiger partial charge in [0.1, 0.15) is 5.69 Å². The molecule has 3 rings (SSSR count). The summed E-state index contributed by atoms with van der Waals surface area (Å²) in [4.78, 5) is 36.3. The summed E-state index contributed by atoms with van der Waals surface area (Å²) in [5.74, 6) is -1.12. The summed E-state index contributed by atoms with van der Waals surface area (Å²) in [5, 5.41) is 3.60. The van der Waals surface area contributed by atoms with Crippen molar-refractivity contribution in [2.45, 2.75) is 10.1 Å². The zero-order chi connectivity index (χ0) is 15.9. The first-order chi connectivity index (χ1) is 10.5. The van der Waals surface area contributed by atoms with Gasteiger partial charge in [-0.25, -0.2) is 0 Å². The Kier molecular flexibility index (Phi) is 3.76. The third kappa shape index (κ3) is 2.42. The highest BCUT2D eigenvalue weighted by molar-refractivity contribution is 8.02. The summed E-state index contributed by atoms with van der Waals surface area (Å²) in [7, 11) is 1.21. The molecule has 1 aliphatic rings. The molecule has 0 saturated heterocycles. The first kappa shape index (κ1) is 14.8. The van der Waals surface area contributed by atoms with Crippen LogP contribution in [0.1, 0.15) is 10.5 Å². The Hall–Kier alpha value is -2.12. The summed E-state index contributed by atoms with van der Waals surface area (Å²) in [6.45, 7) is 0. The van der Waals surface area contributed by atoms with E-state index >= 15 is 0 Å². The molecule has 112 valence electrons. The molecule has 1 aromatic heterocycles. The average molecular weight is 337 g/mol. The Morgan fingerprint density at radius 1 is 1.32 bits per heavy atom. The van der Waals surface area contributed by atoms with Crippen LogP contribution in [-0.4, -0.2) is 33.9 Å². The number of nitrogens with zero attached hydrogens (tertiary/aromatic N) is 2. The number of fused-ring (bicyclic) bond motifs is 1. The molecule has 0 fully saturated rings. The van der Waals surface area contributed by atoms with Crippen molar-refractivity contribution in [3.8, 4) is 5.69 Å². The molecule has 1 atom stereocenters. The van der Waals surface area contributed by atoms with Gasteiger partial charge in [0.25, 0.3) is 5.56 Å². The van der Waals surface area contributed by atoms with E-state index in [1.165, 1.54) is 13.2 Å². The van der Waals surface area contributed by atoms with Gasteiger partial charge >= 0.3 is 5.97 Å². The van der Waals surface area contributed by atoms with Crippen LogP contribution >= 0.6 is 23.4 Å². The maximum Gasteiger partial charge on any atom is 0.327 e. The molecule has 0 aliphatic carbocycles. The molecule has 6 nitrogen and oxygen atoms in total. The topological polar surface area (TPSA) is 78.3 Å². The summed E-state index contributed by atoms with van der Waals surface area (Å²) < 4.78 is 5.69. The Morgan fingerprint density at radius 3 is 2.64 bits per heavy atom. The van der Waals surface area contributed by atoms with E-state index in [9.17, 15) is 14.4 Å². The Morgan fingerprint density at radius 2 is 2.00 bits per heavy atom. The lowest BCUT2D eigenvalue weighted by atomic mass is 10.2. The number of rotatable bonds is 2. The highest BCUT2D eigenvalue weighted by Gasteiger charge is 2.39. The molecule has 2 aromatic rings. The summed E-state index contributed by atoms with van der Waals surface area (Å²) in [6, 6.07) is 7.77. The molecule has 0 bridgehead atoms. The van der Waals surface area contributed by atoms with Crippen LogP contribution in [0.3, 0.4) is 0 Å². The number of thioether (sulfide) groups is 1. The van der Waals surface area contributed by atoms with Crippen LogP contribution in [0, 0.1) is 0 Å². The molecule has 1 unspecified atom stereocenters. The van der Waals surface area contributed by atoms with Gasteiger partial charge in [0.2, 0.25) is 5.78 Å². The van der Waals surface area contributed by atoms with Crippen LogP contribution in [0.4, 0.5) is 0 Å². The van der Waals surface area contributed by atoms with Crippen molar-refractivity contribution in [1.29, 1.82) is 0 Å². The van der Waals surface area contributed by atoms with E-state index in [-0.39, 0.29) is 5.69 Å². The number of hydrogen-bond acceptors (Lipinski definition) is 6. The van der Waals surface area contributed by atoms with Crippen LogP contribution in [0.15, 0.2) is 40.0 Å². The predicted octanol–water partition coefficient (Wildman–Crippen LogP) is 1.72. The zero-order valence-corrected chi connectivity index (χ0v) is 12.9. The summed E-state index contributed by atoms with van der Waals surface area (Å²) >= 11 is 6.79. The highest BCUT2D eigenvalue weighted by atomic mass is 35.5. The quantitative estimate of drug-likeness (QED) is 0.613. The molecule has 0 saturated carbocycles. The lowest BCUT2D eigenvalue weighted by molar-refractivity contribution is -0.138. The van der Waals surface area contributed by atoms with Crippen molar-refractivity contribution in [2.24, 2.45) is 0 Å². The average Bonchev–Trinajstić information content (AvgIpc) is 2.83. The van der Waals surface area contributed by atoms with Gasteiger partial charge in [-0.15, -0.1) is 0 Å². The molecule has 0 spiro atoms. The Balaban J connectivity index is 2.07.